The number of benzene rings is 1. The number of pyridine rings is 1. The predicted octanol–water partition coefficient (Wildman–Crippen LogP) is 3.94. The molecule has 0 spiro atoms. The van der Waals surface area contributed by atoms with E-state index < -0.39 is 0 Å². The van der Waals surface area contributed by atoms with Gasteiger partial charge in [-0.2, -0.15) is 0 Å². The molecule has 0 radical (unpaired) electrons. The molecule has 1 aliphatic heterocycles. The average molecular weight is 376 g/mol. The average Bonchev–Trinajstić information content (AvgIpc) is 3.29. The summed E-state index contributed by atoms with van der Waals surface area (Å²) >= 11 is 0. The van der Waals surface area contributed by atoms with Crippen LogP contribution < -0.4 is 10.9 Å². The summed E-state index contributed by atoms with van der Waals surface area (Å²) in [5.74, 6) is 0.383. The summed E-state index contributed by atoms with van der Waals surface area (Å²) in [6.07, 6.45) is 7.16. The molecule has 0 amide bonds. The van der Waals surface area contributed by atoms with Gasteiger partial charge in [-0.25, -0.2) is 4.98 Å². The van der Waals surface area contributed by atoms with Crippen LogP contribution in [0.4, 0.5) is 0 Å². The van der Waals surface area contributed by atoms with Crippen molar-refractivity contribution in [2.24, 2.45) is 0 Å². The van der Waals surface area contributed by atoms with E-state index in [0.29, 0.717) is 18.0 Å². The highest BCUT2D eigenvalue weighted by atomic mass is 15.4. The van der Waals surface area contributed by atoms with Crippen LogP contribution in [0.15, 0.2) is 61.1 Å². The number of hydrogen-bond donors (Lipinski definition) is 2. The number of aryl methyl sites for hydroxylation is 2. The third kappa shape index (κ3) is 4.01. The second-order valence-electron chi connectivity index (χ2n) is 7.71. The SMILES string of the molecule is CC1NNC(C)C1c1c(-c2ccccc2)ncn1CCCCc1ccccn1. The number of imidazole rings is 1. The highest BCUT2D eigenvalue weighted by Gasteiger charge is 2.35. The maximum atomic E-state index is 4.83. The van der Waals surface area contributed by atoms with Crippen LogP contribution in [-0.4, -0.2) is 26.6 Å². The third-order valence-electron chi connectivity index (χ3n) is 5.67. The third-order valence-corrected chi connectivity index (χ3v) is 5.67. The van der Waals surface area contributed by atoms with Crippen molar-refractivity contribution < 1.29 is 0 Å². The molecule has 2 atom stereocenters. The Morgan fingerprint density at radius 1 is 0.893 bits per heavy atom. The fraction of sp³-hybridized carbons (Fsp3) is 0.391. The largest absolute Gasteiger partial charge is 0.334 e. The van der Waals surface area contributed by atoms with Crippen LogP contribution in [-0.2, 0) is 13.0 Å². The van der Waals surface area contributed by atoms with E-state index in [1.54, 1.807) is 0 Å². The van der Waals surface area contributed by atoms with Gasteiger partial charge >= 0.3 is 0 Å². The lowest BCUT2D eigenvalue weighted by molar-refractivity contribution is 0.508. The number of hydrogen-bond acceptors (Lipinski definition) is 4. The van der Waals surface area contributed by atoms with Crippen LogP contribution in [0.25, 0.3) is 11.3 Å². The topological polar surface area (TPSA) is 54.8 Å². The van der Waals surface area contributed by atoms with Crippen molar-refractivity contribution in [3.05, 3.63) is 72.4 Å². The zero-order valence-electron chi connectivity index (χ0n) is 16.7. The van der Waals surface area contributed by atoms with Crippen molar-refractivity contribution in [3.63, 3.8) is 0 Å². The van der Waals surface area contributed by atoms with Gasteiger partial charge in [0, 0.05) is 42.0 Å². The van der Waals surface area contributed by atoms with Crippen LogP contribution in [0.2, 0.25) is 0 Å². The standard InChI is InChI=1S/C23H29N5/c1-17-21(18(2)27-26-17)23-22(19-10-4-3-5-11-19)25-16-28(23)15-9-7-13-20-12-6-8-14-24-20/h3-6,8,10-12,14,16-18,21,26-27H,7,9,13,15H2,1-2H3. The van der Waals surface area contributed by atoms with Gasteiger partial charge in [0.05, 0.1) is 17.7 Å². The van der Waals surface area contributed by atoms with Crippen LogP contribution in [0.5, 0.6) is 0 Å². The van der Waals surface area contributed by atoms with Crippen LogP contribution in [0.3, 0.4) is 0 Å². The van der Waals surface area contributed by atoms with Crippen molar-refractivity contribution in [1.82, 2.24) is 25.4 Å². The van der Waals surface area contributed by atoms with Crippen molar-refractivity contribution in [2.45, 2.75) is 57.7 Å². The molecule has 28 heavy (non-hydrogen) atoms. The van der Waals surface area contributed by atoms with Gasteiger partial charge in [-0.05, 0) is 45.2 Å². The minimum Gasteiger partial charge on any atom is -0.334 e. The smallest absolute Gasteiger partial charge is 0.0956 e. The van der Waals surface area contributed by atoms with Crippen molar-refractivity contribution >= 4 is 0 Å². The van der Waals surface area contributed by atoms with E-state index in [2.05, 4.69) is 76.7 Å². The van der Waals surface area contributed by atoms with E-state index in [1.165, 1.54) is 17.0 Å². The van der Waals surface area contributed by atoms with E-state index >= 15 is 0 Å². The quantitative estimate of drug-likeness (QED) is 0.614. The van der Waals surface area contributed by atoms with Crippen molar-refractivity contribution in [3.8, 4) is 11.3 Å². The molecule has 3 aromatic rings. The first kappa shape index (κ1) is 18.8. The van der Waals surface area contributed by atoms with Crippen LogP contribution in [0, 0.1) is 0 Å². The van der Waals surface area contributed by atoms with Gasteiger partial charge in [-0.1, -0.05) is 36.4 Å². The molecule has 1 aliphatic rings. The summed E-state index contributed by atoms with van der Waals surface area (Å²) in [5, 5.41) is 0. The first-order valence-electron chi connectivity index (χ1n) is 10.3. The molecule has 2 aromatic heterocycles. The highest BCUT2D eigenvalue weighted by molar-refractivity contribution is 5.63. The Morgan fingerprint density at radius 3 is 2.36 bits per heavy atom. The molecule has 5 heteroatoms. The molecule has 2 N–H and O–H groups in total. The molecular weight excluding hydrogens is 346 g/mol. The van der Waals surface area contributed by atoms with E-state index in [4.69, 9.17) is 4.98 Å². The van der Waals surface area contributed by atoms with Gasteiger partial charge in [0.25, 0.3) is 0 Å². The second kappa shape index (κ2) is 8.67. The second-order valence-corrected chi connectivity index (χ2v) is 7.71. The molecule has 1 saturated heterocycles. The number of unbranched alkanes of at least 4 members (excludes halogenated alkanes) is 1. The fourth-order valence-corrected chi connectivity index (χ4v) is 4.22. The Morgan fingerprint density at radius 2 is 1.64 bits per heavy atom. The lowest BCUT2D eigenvalue weighted by Crippen LogP contribution is -2.30. The summed E-state index contributed by atoms with van der Waals surface area (Å²) in [7, 11) is 0. The van der Waals surface area contributed by atoms with Gasteiger partial charge < -0.3 is 4.57 Å². The monoisotopic (exact) mass is 375 g/mol. The molecule has 0 saturated carbocycles. The molecule has 3 heterocycles. The van der Waals surface area contributed by atoms with Gasteiger partial charge in [-0.3, -0.25) is 15.8 Å². The molecule has 5 nitrogen and oxygen atoms in total. The zero-order chi connectivity index (χ0) is 19.3. The number of rotatable bonds is 7. The molecule has 1 aromatic carbocycles. The van der Waals surface area contributed by atoms with Gasteiger partial charge in [0.1, 0.15) is 0 Å². The van der Waals surface area contributed by atoms with Crippen LogP contribution >= 0.6 is 0 Å². The molecule has 0 bridgehead atoms. The Bertz CT molecular complexity index is 865. The number of aromatic nitrogens is 3. The summed E-state index contributed by atoms with van der Waals surface area (Å²) in [4.78, 5) is 9.26. The Hall–Kier alpha value is -2.50. The number of hydrazine groups is 1. The predicted molar refractivity (Wildman–Crippen MR) is 113 cm³/mol. The summed E-state index contributed by atoms with van der Waals surface area (Å²) in [5.41, 5.74) is 11.6. The molecule has 4 rings (SSSR count). The van der Waals surface area contributed by atoms with E-state index in [-0.39, 0.29) is 0 Å². The lowest BCUT2D eigenvalue weighted by Gasteiger charge is -2.22. The van der Waals surface area contributed by atoms with E-state index in [9.17, 15) is 0 Å². The molecule has 0 aliphatic carbocycles. The molecule has 1 fully saturated rings. The Kier molecular flexibility index (Phi) is 5.84. The Balaban J connectivity index is 1.54. The van der Waals surface area contributed by atoms with Crippen molar-refractivity contribution in [1.29, 1.82) is 0 Å². The summed E-state index contributed by atoms with van der Waals surface area (Å²) < 4.78 is 2.37. The molecule has 146 valence electrons. The normalized spacial score (nSPS) is 21.9. The fourth-order valence-electron chi connectivity index (χ4n) is 4.22. The summed E-state index contributed by atoms with van der Waals surface area (Å²) in [6, 6.07) is 17.4. The van der Waals surface area contributed by atoms with E-state index in [0.717, 1.165) is 31.5 Å². The maximum absolute atomic E-state index is 4.83. The molecular formula is C23H29N5. The van der Waals surface area contributed by atoms with Gasteiger partial charge in [-0.15, -0.1) is 0 Å². The first-order valence-corrected chi connectivity index (χ1v) is 10.3. The van der Waals surface area contributed by atoms with E-state index in [1.807, 2.05) is 18.6 Å². The minimum atomic E-state index is 0.362. The highest BCUT2D eigenvalue weighted by Crippen LogP contribution is 2.34. The van der Waals surface area contributed by atoms with Gasteiger partial charge in [0.2, 0.25) is 0 Å². The first-order chi connectivity index (χ1) is 13.7. The summed E-state index contributed by atoms with van der Waals surface area (Å²) in [6.45, 7) is 5.47. The van der Waals surface area contributed by atoms with Gasteiger partial charge in [0.15, 0.2) is 0 Å². The minimum absolute atomic E-state index is 0.362. The Labute approximate surface area is 167 Å². The van der Waals surface area contributed by atoms with Crippen molar-refractivity contribution in [2.75, 3.05) is 0 Å². The lowest BCUT2D eigenvalue weighted by atomic mass is 9.90. The number of nitrogens with one attached hydrogen (secondary N) is 2. The number of nitrogens with zero attached hydrogens (tertiary/aromatic N) is 3. The van der Waals surface area contributed by atoms with Crippen LogP contribution in [0.1, 0.15) is 44.0 Å². The maximum Gasteiger partial charge on any atom is 0.0956 e. The zero-order valence-corrected chi connectivity index (χ0v) is 16.7. The molecule has 2 unspecified atom stereocenters.